The van der Waals surface area contributed by atoms with Crippen LogP contribution in [0.15, 0.2) is 59.3 Å². The predicted octanol–water partition coefficient (Wildman–Crippen LogP) is 4.25. The standard InChI is InChI=1S/C17H15ClN2O3S/c1-12-2-4-13(5-3-12)11-24(21,22)20-17-16(10-19-23-17)14-6-8-15(18)9-7-14/h2-10,20H,11H2,1H3. The van der Waals surface area contributed by atoms with E-state index in [9.17, 15) is 8.42 Å². The summed E-state index contributed by atoms with van der Waals surface area (Å²) < 4.78 is 32.3. The van der Waals surface area contributed by atoms with Crippen molar-refractivity contribution in [2.24, 2.45) is 0 Å². The number of rotatable bonds is 5. The van der Waals surface area contributed by atoms with Crippen LogP contribution in [0.25, 0.3) is 11.1 Å². The molecular weight excluding hydrogens is 348 g/mol. The van der Waals surface area contributed by atoms with Crippen LogP contribution in [-0.4, -0.2) is 13.6 Å². The lowest BCUT2D eigenvalue weighted by atomic mass is 10.1. The maximum absolute atomic E-state index is 12.4. The summed E-state index contributed by atoms with van der Waals surface area (Å²) in [4.78, 5) is 0. The molecule has 3 aromatic rings. The minimum absolute atomic E-state index is 0.0874. The molecule has 124 valence electrons. The van der Waals surface area contributed by atoms with Gasteiger partial charge in [-0.2, -0.15) is 0 Å². The predicted molar refractivity (Wildman–Crippen MR) is 94.4 cm³/mol. The maximum Gasteiger partial charge on any atom is 0.245 e. The largest absolute Gasteiger partial charge is 0.337 e. The number of sulfonamides is 1. The first-order valence-electron chi connectivity index (χ1n) is 7.19. The number of aromatic nitrogens is 1. The van der Waals surface area contributed by atoms with Gasteiger partial charge >= 0.3 is 0 Å². The van der Waals surface area contributed by atoms with Crippen LogP contribution >= 0.6 is 11.6 Å². The molecule has 0 fully saturated rings. The molecule has 0 radical (unpaired) electrons. The fourth-order valence-corrected chi connectivity index (χ4v) is 3.49. The lowest BCUT2D eigenvalue weighted by molar-refractivity contribution is 0.435. The summed E-state index contributed by atoms with van der Waals surface area (Å²) in [5.74, 6) is -0.0574. The molecule has 3 rings (SSSR count). The number of hydrogen-bond donors (Lipinski definition) is 1. The first-order valence-corrected chi connectivity index (χ1v) is 9.23. The van der Waals surface area contributed by atoms with E-state index in [1.54, 1.807) is 36.4 Å². The van der Waals surface area contributed by atoms with Crippen molar-refractivity contribution in [1.82, 2.24) is 5.16 Å². The molecular formula is C17H15ClN2O3S. The van der Waals surface area contributed by atoms with Gasteiger partial charge in [-0.05, 0) is 30.2 Å². The van der Waals surface area contributed by atoms with E-state index in [1.165, 1.54) is 6.20 Å². The van der Waals surface area contributed by atoms with Crippen molar-refractivity contribution in [2.75, 3.05) is 4.72 Å². The monoisotopic (exact) mass is 362 g/mol. The van der Waals surface area contributed by atoms with Crippen LogP contribution in [0, 0.1) is 6.92 Å². The lowest BCUT2D eigenvalue weighted by Crippen LogP contribution is -2.15. The normalized spacial score (nSPS) is 11.4. The number of nitrogens with zero attached hydrogens (tertiary/aromatic N) is 1. The Bertz CT molecular complexity index is 933. The van der Waals surface area contributed by atoms with Gasteiger partial charge in [-0.1, -0.05) is 58.7 Å². The van der Waals surface area contributed by atoms with Crippen molar-refractivity contribution in [1.29, 1.82) is 0 Å². The van der Waals surface area contributed by atoms with E-state index >= 15 is 0 Å². The zero-order valence-electron chi connectivity index (χ0n) is 12.9. The van der Waals surface area contributed by atoms with Gasteiger partial charge in [0, 0.05) is 5.02 Å². The second-order valence-corrected chi connectivity index (χ2v) is 7.58. The first-order chi connectivity index (χ1) is 11.4. The summed E-state index contributed by atoms with van der Waals surface area (Å²) in [5, 5.41) is 4.28. The zero-order chi connectivity index (χ0) is 17.2. The van der Waals surface area contributed by atoms with Crippen molar-refractivity contribution in [3.05, 3.63) is 70.9 Å². The van der Waals surface area contributed by atoms with Gasteiger partial charge < -0.3 is 4.52 Å². The highest BCUT2D eigenvalue weighted by Gasteiger charge is 2.18. The van der Waals surface area contributed by atoms with E-state index < -0.39 is 10.0 Å². The SMILES string of the molecule is Cc1ccc(CS(=O)(=O)Nc2oncc2-c2ccc(Cl)cc2)cc1. The number of anilines is 1. The second kappa shape index (κ2) is 6.67. The van der Waals surface area contributed by atoms with Crippen molar-refractivity contribution >= 4 is 27.5 Å². The van der Waals surface area contributed by atoms with E-state index in [-0.39, 0.29) is 11.6 Å². The van der Waals surface area contributed by atoms with Gasteiger partial charge in [0.2, 0.25) is 15.9 Å². The van der Waals surface area contributed by atoms with Crippen molar-refractivity contribution in [3.63, 3.8) is 0 Å². The quantitative estimate of drug-likeness (QED) is 0.736. The Morgan fingerprint density at radius 2 is 1.75 bits per heavy atom. The summed E-state index contributed by atoms with van der Waals surface area (Å²) in [6.07, 6.45) is 1.47. The molecule has 7 heteroatoms. The highest BCUT2D eigenvalue weighted by molar-refractivity contribution is 7.91. The molecule has 0 amide bonds. The van der Waals surface area contributed by atoms with E-state index in [0.29, 0.717) is 16.1 Å². The van der Waals surface area contributed by atoms with Crippen LogP contribution in [0.3, 0.4) is 0 Å². The maximum atomic E-state index is 12.4. The zero-order valence-corrected chi connectivity index (χ0v) is 14.4. The molecule has 0 atom stereocenters. The molecule has 0 unspecified atom stereocenters. The van der Waals surface area contributed by atoms with Gasteiger partial charge in [0.05, 0.1) is 17.5 Å². The minimum Gasteiger partial charge on any atom is -0.337 e. The molecule has 1 heterocycles. The third-order valence-corrected chi connectivity index (χ3v) is 4.91. The van der Waals surface area contributed by atoms with Gasteiger partial charge in [0.15, 0.2) is 0 Å². The Morgan fingerprint density at radius 3 is 2.42 bits per heavy atom. The second-order valence-electron chi connectivity index (χ2n) is 5.42. The smallest absolute Gasteiger partial charge is 0.245 e. The molecule has 0 aliphatic heterocycles. The molecule has 5 nitrogen and oxygen atoms in total. The van der Waals surface area contributed by atoms with E-state index in [4.69, 9.17) is 16.1 Å². The molecule has 0 aliphatic carbocycles. The van der Waals surface area contributed by atoms with Gasteiger partial charge in [0.1, 0.15) is 0 Å². The molecule has 1 aromatic heterocycles. The van der Waals surface area contributed by atoms with Crippen LogP contribution in [-0.2, 0) is 15.8 Å². The fourth-order valence-electron chi connectivity index (χ4n) is 2.23. The van der Waals surface area contributed by atoms with Crippen LogP contribution in [0.5, 0.6) is 0 Å². The van der Waals surface area contributed by atoms with Gasteiger partial charge in [-0.25, -0.2) is 8.42 Å². The Hall–Kier alpha value is -2.31. The Labute approximate surface area is 145 Å². The van der Waals surface area contributed by atoms with Crippen molar-refractivity contribution in [2.45, 2.75) is 12.7 Å². The molecule has 0 saturated carbocycles. The van der Waals surface area contributed by atoms with Crippen LogP contribution in [0.4, 0.5) is 5.88 Å². The van der Waals surface area contributed by atoms with Crippen LogP contribution in [0.1, 0.15) is 11.1 Å². The highest BCUT2D eigenvalue weighted by Crippen LogP contribution is 2.29. The summed E-state index contributed by atoms with van der Waals surface area (Å²) >= 11 is 5.87. The first kappa shape index (κ1) is 16.5. The molecule has 2 aromatic carbocycles. The fraction of sp³-hybridized carbons (Fsp3) is 0.118. The van der Waals surface area contributed by atoms with Gasteiger partial charge in [-0.3, -0.25) is 4.72 Å². The average Bonchev–Trinajstić information content (AvgIpc) is 2.97. The van der Waals surface area contributed by atoms with Crippen LogP contribution in [0.2, 0.25) is 5.02 Å². The molecule has 24 heavy (non-hydrogen) atoms. The summed E-state index contributed by atoms with van der Waals surface area (Å²) in [6.45, 7) is 1.95. The Kier molecular flexibility index (Phi) is 4.59. The molecule has 0 bridgehead atoms. The number of hydrogen-bond acceptors (Lipinski definition) is 4. The van der Waals surface area contributed by atoms with Gasteiger partial charge in [0.25, 0.3) is 0 Å². The molecule has 1 N–H and O–H groups in total. The van der Waals surface area contributed by atoms with E-state index in [2.05, 4.69) is 9.88 Å². The third-order valence-electron chi connectivity index (χ3n) is 3.45. The number of aryl methyl sites for hydroxylation is 1. The number of benzene rings is 2. The third kappa shape index (κ3) is 3.96. The van der Waals surface area contributed by atoms with E-state index in [0.717, 1.165) is 11.1 Å². The van der Waals surface area contributed by atoms with Crippen molar-refractivity contribution in [3.8, 4) is 11.1 Å². The number of halogens is 1. The summed E-state index contributed by atoms with van der Waals surface area (Å²) in [7, 11) is -3.62. The topological polar surface area (TPSA) is 72.2 Å². The molecule has 0 spiro atoms. The van der Waals surface area contributed by atoms with Crippen molar-refractivity contribution < 1.29 is 12.9 Å². The summed E-state index contributed by atoms with van der Waals surface area (Å²) in [6, 6.07) is 14.3. The Morgan fingerprint density at radius 1 is 1.08 bits per heavy atom. The molecule has 0 aliphatic rings. The average molecular weight is 363 g/mol. The van der Waals surface area contributed by atoms with Crippen LogP contribution < -0.4 is 4.72 Å². The Balaban J connectivity index is 1.82. The molecule has 0 saturated heterocycles. The number of nitrogens with one attached hydrogen (secondary N) is 1. The minimum atomic E-state index is -3.62. The summed E-state index contributed by atoms with van der Waals surface area (Å²) in [5.41, 5.74) is 3.08. The lowest BCUT2D eigenvalue weighted by Gasteiger charge is -2.07. The van der Waals surface area contributed by atoms with E-state index in [1.807, 2.05) is 19.1 Å². The van der Waals surface area contributed by atoms with Gasteiger partial charge in [-0.15, -0.1) is 0 Å². The highest BCUT2D eigenvalue weighted by atomic mass is 35.5.